The molecule has 2 aromatic rings. The smallest absolute Gasteiger partial charge is 0.0868 e. The van der Waals surface area contributed by atoms with E-state index in [1.54, 1.807) is 18.4 Å². The van der Waals surface area contributed by atoms with Gasteiger partial charge in [0.05, 0.1) is 24.3 Å². The summed E-state index contributed by atoms with van der Waals surface area (Å²) in [5.74, 6) is 0. The number of ether oxygens (including phenoxy) is 2. The highest BCUT2D eigenvalue weighted by molar-refractivity contribution is 7.22. The van der Waals surface area contributed by atoms with Crippen molar-refractivity contribution in [3.05, 3.63) is 29.8 Å². The van der Waals surface area contributed by atoms with Crippen molar-refractivity contribution < 1.29 is 9.47 Å². The van der Waals surface area contributed by atoms with Gasteiger partial charge in [-0.3, -0.25) is 0 Å². The number of fused-ring (bicyclic) bond motifs is 1. The molecule has 1 unspecified atom stereocenters. The normalized spacial score (nSPS) is 13.1. The number of thiophene rings is 1. The van der Waals surface area contributed by atoms with Crippen LogP contribution in [0.3, 0.4) is 0 Å². The number of hydrogen-bond donors (Lipinski definition) is 1. The van der Waals surface area contributed by atoms with Crippen LogP contribution in [0.25, 0.3) is 10.1 Å². The van der Waals surface area contributed by atoms with Gasteiger partial charge in [-0.05, 0) is 30.0 Å². The quantitative estimate of drug-likeness (QED) is 0.830. The lowest BCUT2D eigenvalue weighted by Crippen LogP contribution is -2.05. The van der Waals surface area contributed by atoms with Crippen LogP contribution < -0.4 is 5.73 Å². The van der Waals surface area contributed by atoms with Crippen molar-refractivity contribution in [2.75, 3.05) is 26.1 Å². The zero-order valence-electron chi connectivity index (χ0n) is 10.1. The molecule has 0 aliphatic heterocycles. The molecule has 4 heteroatoms. The van der Waals surface area contributed by atoms with Gasteiger partial charge in [0.15, 0.2) is 0 Å². The predicted octanol–water partition coefficient (Wildman–Crippen LogP) is 3.21. The lowest BCUT2D eigenvalue weighted by atomic mass is 10.1. The second-order valence-electron chi connectivity index (χ2n) is 3.95. The fraction of sp³-hybridized carbons (Fsp3) is 0.385. The molecule has 0 bridgehead atoms. The summed E-state index contributed by atoms with van der Waals surface area (Å²) in [7, 11) is 1.68. The van der Waals surface area contributed by atoms with E-state index in [4.69, 9.17) is 15.2 Å². The van der Waals surface area contributed by atoms with Gasteiger partial charge in [0, 0.05) is 11.8 Å². The van der Waals surface area contributed by atoms with Gasteiger partial charge in [0.1, 0.15) is 0 Å². The lowest BCUT2D eigenvalue weighted by Gasteiger charge is -2.13. The number of rotatable bonds is 5. The average Bonchev–Trinajstić information content (AvgIpc) is 2.68. The van der Waals surface area contributed by atoms with Crippen molar-refractivity contribution in [3.63, 3.8) is 0 Å². The van der Waals surface area contributed by atoms with Gasteiger partial charge in [0.2, 0.25) is 0 Å². The van der Waals surface area contributed by atoms with E-state index in [0.717, 1.165) is 5.00 Å². The molecule has 0 saturated heterocycles. The van der Waals surface area contributed by atoms with Crippen molar-refractivity contribution in [2.24, 2.45) is 0 Å². The average molecular weight is 251 g/mol. The Kier molecular flexibility index (Phi) is 3.99. The first-order valence-electron chi connectivity index (χ1n) is 5.60. The zero-order valence-corrected chi connectivity index (χ0v) is 10.9. The van der Waals surface area contributed by atoms with Crippen LogP contribution >= 0.6 is 11.3 Å². The van der Waals surface area contributed by atoms with Crippen molar-refractivity contribution in [3.8, 4) is 0 Å². The molecule has 1 heterocycles. The summed E-state index contributed by atoms with van der Waals surface area (Å²) >= 11 is 1.61. The number of nitrogen functional groups attached to an aromatic ring is 1. The highest BCUT2D eigenvalue weighted by Crippen LogP contribution is 2.30. The molecule has 0 amide bonds. The third-order valence-electron chi connectivity index (χ3n) is 2.69. The van der Waals surface area contributed by atoms with Crippen LogP contribution in [0.4, 0.5) is 5.00 Å². The predicted molar refractivity (Wildman–Crippen MR) is 72.5 cm³/mol. The third-order valence-corrected chi connectivity index (χ3v) is 3.61. The molecule has 0 fully saturated rings. The Bertz CT molecular complexity index is 495. The van der Waals surface area contributed by atoms with E-state index in [0.29, 0.717) is 13.2 Å². The molecule has 3 nitrogen and oxygen atoms in total. The second kappa shape index (κ2) is 5.49. The van der Waals surface area contributed by atoms with E-state index in [-0.39, 0.29) is 6.10 Å². The maximum Gasteiger partial charge on any atom is 0.0868 e. The minimum Gasteiger partial charge on any atom is -0.391 e. The van der Waals surface area contributed by atoms with E-state index in [1.807, 2.05) is 13.0 Å². The van der Waals surface area contributed by atoms with E-state index in [2.05, 4.69) is 18.2 Å². The highest BCUT2D eigenvalue weighted by Gasteiger charge is 2.07. The fourth-order valence-corrected chi connectivity index (χ4v) is 2.61. The first-order chi connectivity index (χ1) is 8.20. The second-order valence-corrected chi connectivity index (χ2v) is 5.07. The lowest BCUT2D eigenvalue weighted by molar-refractivity contribution is 0.0256. The van der Waals surface area contributed by atoms with Crippen molar-refractivity contribution in [2.45, 2.75) is 13.0 Å². The maximum absolute atomic E-state index is 5.79. The Morgan fingerprint density at radius 2 is 2.12 bits per heavy atom. The van der Waals surface area contributed by atoms with Crippen LogP contribution in [-0.4, -0.2) is 20.3 Å². The van der Waals surface area contributed by atoms with E-state index >= 15 is 0 Å². The molecule has 0 aliphatic carbocycles. The Balaban J connectivity index is 2.12. The van der Waals surface area contributed by atoms with Gasteiger partial charge >= 0.3 is 0 Å². The molecule has 1 atom stereocenters. The van der Waals surface area contributed by atoms with Crippen LogP contribution in [0.15, 0.2) is 24.3 Å². The van der Waals surface area contributed by atoms with Crippen LogP contribution in [-0.2, 0) is 9.47 Å². The zero-order chi connectivity index (χ0) is 12.3. The van der Waals surface area contributed by atoms with Crippen LogP contribution in [0.1, 0.15) is 18.6 Å². The van der Waals surface area contributed by atoms with Crippen molar-refractivity contribution in [1.29, 1.82) is 0 Å². The first kappa shape index (κ1) is 12.4. The largest absolute Gasteiger partial charge is 0.391 e. The number of nitrogens with two attached hydrogens (primary N) is 1. The summed E-state index contributed by atoms with van der Waals surface area (Å²) < 4.78 is 11.8. The summed E-state index contributed by atoms with van der Waals surface area (Å²) in [5, 5.41) is 2.05. The van der Waals surface area contributed by atoms with Crippen molar-refractivity contribution >= 4 is 26.4 Å². The van der Waals surface area contributed by atoms with Crippen LogP contribution in [0.5, 0.6) is 0 Å². The summed E-state index contributed by atoms with van der Waals surface area (Å²) in [4.78, 5) is 0. The third kappa shape index (κ3) is 2.97. The molecular formula is C13H17NO2S. The Morgan fingerprint density at radius 1 is 1.29 bits per heavy atom. The molecule has 17 heavy (non-hydrogen) atoms. The Morgan fingerprint density at radius 3 is 2.88 bits per heavy atom. The Labute approximate surface area is 105 Å². The topological polar surface area (TPSA) is 44.5 Å². The summed E-state index contributed by atoms with van der Waals surface area (Å²) in [6.45, 7) is 3.29. The van der Waals surface area contributed by atoms with Gasteiger partial charge < -0.3 is 15.2 Å². The van der Waals surface area contributed by atoms with Gasteiger partial charge in [-0.2, -0.15) is 0 Å². The summed E-state index contributed by atoms with van der Waals surface area (Å²) in [5.41, 5.74) is 6.96. The molecule has 2 N–H and O–H groups in total. The SMILES string of the molecule is COCCOC(C)c1ccc2cc(N)sc2c1. The molecule has 2 rings (SSSR count). The van der Waals surface area contributed by atoms with Crippen molar-refractivity contribution in [1.82, 2.24) is 0 Å². The van der Waals surface area contributed by atoms with Gasteiger partial charge in [-0.25, -0.2) is 0 Å². The van der Waals surface area contributed by atoms with Gasteiger partial charge in [-0.15, -0.1) is 11.3 Å². The number of methoxy groups -OCH3 is 1. The minimum atomic E-state index is 0.0814. The molecule has 92 valence electrons. The number of anilines is 1. The molecular weight excluding hydrogens is 234 g/mol. The van der Waals surface area contributed by atoms with Gasteiger partial charge in [0.25, 0.3) is 0 Å². The first-order valence-corrected chi connectivity index (χ1v) is 6.42. The van der Waals surface area contributed by atoms with E-state index in [1.165, 1.54) is 15.6 Å². The number of benzene rings is 1. The molecule has 0 radical (unpaired) electrons. The fourth-order valence-electron chi connectivity index (χ4n) is 1.73. The molecule has 1 aromatic heterocycles. The summed E-state index contributed by atoms with van der Waals surface area (Å²) in [6.07, 6.45) is 0.0814. The number of hydrogen-bond acceptors (Lipinski definition) is 4. The molecule has 0 aliphatic rings. The Hall–Kier alpha value is -1.10. The van der Waals surface area contributed by atoms with Gasteiger partial charge in [-0.1, -0.05) is 12.1 Å². The standard InChI is InChI=1S/C13H17NO2S/c1-9(16-6-5-15-2)10-3-4-11-8-13(14)17-12(11)7-10/h3-4,7-9H,5-6,14H2,1-2H3. The van der Waals surface area contributed by atoms with E-state index < -0.39 is 0 Å². The van der Waals surface area contributed by atoms with Crippen LogP contribution in [0.2, 0.25) is 0 Å². The van der Waals surface area contributed by atoms with E-state index in [9.17, 15) is 0 Å². The summed E-state index contributed by atoms with van der Waals surface area (Å²) in [6, 6.07) is 8.33. The molecule has 0 spiro atoms. The highest BCUT2D eigenvalue weighted by atomic mass is 32.1. The maximum atomic E-state index is 5.79. The monoisotopic (exact) mass is 251 g/mol. The molecule has 1 aromatic carbocycles. The van der Waals surface area contributed by atoms with Crippen LogP contribution in [0, 0.1) is 0 Å². The molecule has 0 saturated carbocycles. The minimum absolute atomic E-state index is 0.0814.